The first-order chi connectivity index (χ1) is 7.41. The molecule has 0 saturated heterocycles. The Hall–Kier alpha value is -1.51. The van der Waals surface area contributed by atoms with E-state index in [4.69, 9.17) is 5.73 Å². The lowest BCUT2D eigenvalue weighted by atomic mass is 10.0. The van der Waals surface area contributed by atoms with Crippen LogP contribution in [-0.4, -0.2) is 11.9 Å². The SMILES string of the molecule is Cc1ccc(N)c(C(=O)NC(C)C(C)C)c1. The molecule has 1 amide bonds. The minimum absolute atomic E-state index is 0.0950. The molecule has 1 aromatic carbocycles. The number of hydrogen-bond acceptors (Lipinski definition) is 2. The third kappa shape index (κ3) is 2.99. The molecule has 0 radical (unpaired) electrons. The summed E-state index contributed by atoms with van der Waals surface area (Å²) in [4.78, 5) is 11.9. The first kappa shape index (κ1) is 12.6. The molecule has 88 valence electrons. The van der Waals surface area contributed by atoms with Crippen LogP contribution in [0.5, 0.6) is 0 Å². The molecule has 1 aromatic rings. The number of nitrogen functional groups attached to an aromatic ring is 1. The van der Waals surface area contributed by atoms with E-state index in [9.17, 15) is 4.79 Å². The zero-order chi connectivity index (χ0) is 12.3. The maximum atomic E-state index is 11.9. The molecule has 3 heteroatoms. The predicted molar refractivity (Wildman–Crippen MR) is 67.4 cm³/mol. The third-order valence-electron chi connectivity index (χ3n) is 2.81. The van der Waals surface area contributed by atoms with E-state index >= 15 is 0 Å². The van der Waals surface area contributed by atoms with E-state index in [1.54, 1.807) is 6.07 Å². The quantitative estimate of drug-likeness (QED) is 0.768. The van der Waals surface area contributed by atoms with Gasteiger partial charge in [0.05, 0.1) is 5.56 Å². The molecule has 0 heterocycles. The molecule has 0 spiro atoms. The molecule has 0 saturated carbocycles. The summed E-state index contributed by atoms with van der Waals surface area (Å²) >= 11 is 0. The van der Waals surface area contributed by atoms with E-state index in [1.807, 2.05) is 26.0 Å². The maximum absolute atomic E-state index is 11.9. The second kappa shape index (κ2) is 5.01. The Labute approximate surface area is 97.0 Å². The average Bonchev–Trinajstić information content (AvgIpc) is 2.21. The highest BCUT2D eigenvalue weighted by atomic mass is 16.1. The minimum atomic E-state index is -0.0950. The Balaban J connectivity index is 2.84. The molecular formula is C13H20N2O. The Bertz CT molecular complexity index is 386. The van der Waals surface area contributed by atoms with Gasteiger partial charge in [-0.05, 0) is 31.9 Å². The second-order valence-corrected chi connectivity index (χ2v) is 4.60. The first-order valence-electron chi connectivity index (χ1n) is 5.58. The average molecular weight is 220 g/mol. The molecular weight excluding hydrogens is 200 g/mol. The van der Waals surface area contributed by atoms with Gasteiger partial charge in [-0.2, -0.15) is 0 Å². The largest absolute Gasteiger partial charge is 0.398 e. The lowest BCUT2D eigenvalue weighted by Gasteiger charge is -2.18. The summed E-state index contributed by atoms with van der Waals surface area (Å²) < 4.78 is 0. The van der Waals surface area contributed by atoms with E-state index in [1.165, 1.54) is 0 Å². The predicted octanol–water partition coefficient (Wildman–Crippen LogP) is 2.35. The summed E-state index contributed by atoms with van der Waals surface area (Å²) in [5.41, 5.74) is 7.91. The lowest BCUT2D eigenvalue weighted by molar-refractivity contribution is 0.0931. The van der Waals surface area contributed by atoms with Crippen LogP contribution < -0.4 is 11.1 Å². The van der Waals surface area contributed by atoms with Crippen molar-refractivity contribution in [2.24, 2.45) is 5.92 Å². The normalized spacial score (nSPS) is 12.6. The zero-order valence-corrected chi connectivity index (χ0v) is 10.4. The molecule has 1 unspecified atom stereocenters. The van der Waals surface area contributed by atoms with Gasteiger partial charge in [-0.25, -0.2) is 0 Å². The number of nitrogens with two attached hydrogens (primary N) is 1. The molecule has 0 aliphatic carbocycles. The number of nitrogens with one attached hydrogen (secondary N) is 1. The van der Waals surface area contributed by atoms with Gasteiger partial charge in [-0.3, -0.25) is 4.79 Å². The van der Waals surface area contributed by atoms with Gasteiger partial charge in [0.15, 0.2) is 0 Å². The standard InChI is InChI=1S/C13H20N2O/c1-8(2)10(4)15-13(16)11-7-9(3)5-6-12(11)14/h5-8,10H,14H2,1-4H3,(H,15,16). The number of aryl methyl sites for hydroxylation is 1. The molecule has 3 N–H and O–H groups in total. The third-order valence-corrected chi connectivity index (χ3v) is 2.81. The molecule has 0 aliphatic heterocycles. The van der Waals surface area contributed by atoms with Crippen molar-refractivity contribution < 1.29 is 4.79 Å². The van der Waals surface area contributed by atoms with Gasteiger partial charge < -0.3 is 11.1 Å². The number of carbonyl (C=O) groups excluding carboxylic acids is 1. The fraction of sp³-hybridized carbons (Fsp3) is 0.462. The number of benzene rings is 1. The number of rotatable bonds is 3. The smallest absolute Gasteiger partial charge is 0.253 e. The van der Waals surface area contributed by atoms with Gasteiger partial charge >= 0.3 is 0 Å². The van der Waals surface area contributed by atoms with Gasteiger partial charge in [0, 0.05) is 11.7 Å². The molecule has 0 fully saturated rings. The van der Waals surface area contributed by atoms with Crippen LogP contribution in [0.1, 0.15) is 36.7 Å². The number of anilines is 1. The van der Waals surface area contributed by atoms with E-state index in [-0.39, 0.29) is 11.9 Å². The topological polar surface area (TPSA) is 55.1 Å². The second-order valence-electron chi connectivity index (χ2n) is 4.60. The van der Waals surface area contributed by atoms with Crippen LogP contribution in [0.15, 0.2) is 18.2 Å². The number of amides is 1. The van der Waals surface area contributed by atoms with Gasteiger partial charge in [-0.1, -0.05) is 25.5 Å². The summed E-state index contributed by atoms with van der Waals surface area (Å²) in [5, 5.41) is 2.94. The first-order valence-corrected chi connectivity index (χ1v) is 5.58. The van der Waals surface area contributed by atoms with Crippen molar-refractivity contribution in [1.82, 2.24) is 5.32 Å². The van der Waals surface area contributed by atoms with Crippen molar-refractivity contribution in [3.8, 4) is 0 Å². The molecule has 0 aliphatic rings. The van der Waals surface area contributed by atoms with Crippen molar-refractivity contribution in [2.75, 3.05) is 5.73 Å². The van der Waals surface area contributed by atoms with Crippen molar-refractivity contribution in [3.63, 3.8) is 0 Å². The van der Waals surface area contributed by atoms with Gasteiger partial charge in [-0.15, -0.1) is 0 Å². The van der Waals surface area contributed by atoms with Crippen LogP contribution in [0.25, 0.3) is 0 Å². The molecule has 0 bridgehead atoms. The zero-order valence-electron chi connectivity index (χ0n) is 10.4. The highest BCUT2D eigenvalue weighted by molar-refractivity contribution is 5.99. The molecule has 3 nitrogen and oxygen atoms in total. The summed E-state index contributed by atoms with van der Waals surface area (Å²) in [5.74, 6) is 0.317. The van der Waals surface area contributed by atoms with E-state index in [0.717, 1.165) is 5.56 Å². The maximum Gasteiger partial charge on any atom is 0.253 e. The molecule has 16 heavy (non-hydrogen) atoms. The number of hydrogen-bond donors (Lipinski definition) is 2. The Morgan fingerprint density at radius 1 is 1.31 bits per heavy atom. The Morgan fingerprint density at radius 3 is 2.50 bits per heavy atom. The van der Waals surface area contributed by atoms with Crippen LogP contribution in [0.4, 0.5) is 5.69 Å². The molecule has 1 rings (SSSR count). The lowest BCUT2D eigenvalue weighted by Crippen LogP contribution is -2.36. The summed E-state index contributed by atoms with van der Waals surface area (Å²) in [6, 6.07) is 5.63. The summed E-state index contributed by atoms with van der Waals surface area (Å²) in [7, 11) is 0. The summed E-state index contributed by atoms with van der Waals surface area (Å²) in [6.45, 7) is 8.09. The van der Waals surface area contributed by atoms with Crippen LogP contribution in [0.3, 0.4) is 0 Å². The Kier molecular flexibility index (Phi) is 3.93. The van der Waals surface area contributed by atoms with Gasteiger partial charge in [0.25, 0.3) is 5.91 Å². The van der Waals surface area contributed by atoms with E-state index in [2.05, 4.69) is 19.2 Å². The van der Waals surface area contributed by atoms with Crippen LogP contribution in [0, 0.1) is 12.8 Å². The molecule has 1 atom stereocenters. The fourth-order valence-electron chi connectivity index (χ4n) is 1.32. The van der Waals surface area contributed by atoms with Gasteiger partial charge in [0.1, 0.15) is 0 Å². The Morgan fingerprint density at radius 2 is 1.94 bits per heavy atom. The monoisotopic (exact) mass is 220 g/mol. The van der Waals surface area contributed by atoms with Gasteiger partial charge in [0.2, 0.25) is 0 Å². The van der Waals surface area contributed by atoms with Crippen molar-refractivity contribution in [2.45, 2.75) is 33.7 Å². The minimum Gasteiger partial charge on any atom is -0.398 e. The van der Waals surface area contributed by atoms with Crippen LogP contribution in [0.2, 0.25) is 0 Å². The fourth-order valence-corrected chi connectivity index (χ4v) is 1.32. The number of carbonyl (C=O) groups is 1. The summed E-state index contributed by atoms with van der Waals surface area (Å²) in [6.07, 6.45) is 0. The van der Waals surface area contributed by atoms with Crippen LogP contribution in [-0.2, 0) is 0 Å². The van der Waals surface area contributed by atoms with Crippen molar-refractivity contribution in [1.29, 1.82) is 0 Å². The van der Waals surface area contributed by atoms with E-state index < -0.39 is 0 Å². The van der Waals surface area contributed by atoms with Crippen LogP contribution >= 0.6 is 0 Å². The van der Waals surface area contributed by atoms with Crippen molar-refractivity contribution >= 4 is 11.6 Å². The highest BCUT2D eigenvalue weighted by Gasteiger charge is 2.14. The van der Waals surface area contributed by atoms with E-state index in [0.29, 0.717) is 17.2 Å². The highest BCUT2D eigenvalue weighted by Crippen LogP contribution is 2.14. The van der Waals surface area contributed by atoms with Crippen molar-refractivity contribution in [3.05, 3.63) is 29.3 Å². The molecule has 0 aromatic heterocycles.